The molecule has 2 aromatic rings. The molecule has 1 heterocycles. The van der Waals surface area contributed by atoms with Crippen LogP contribution in [0.2, 0.25) is 0 Å². The van der Waals surface area contributed by atoms with Crippen LogP contribution < -0.4 is 5.32 Å². The van der Waals surface area contributed by atoms with Gasteiger partial charge in [0.15, 0.2) is 0 Å². The van der Waals surface area contributed by atoms with Gasteiger partial charge in [0.2, 0.25) is 0 Å². The van der Waals surface area contributed by atoms with Gasteiger partial charge in [-0.1, -0.05) is 13.0 Å². The zero-order valence-corrected chi connectivity index (χ0v) is 12.4. The van der Waals surface area contributed by atoms with E-state index in [2.05, 4.69) is 5.32 Å². The fraction of sp³-hybridized carbons (Fsp3) is 0.412. The average Bonchev–Trinajstić information content (AvgIpc) is 2.87. The molecule has 0 saturated carbocycles. The Balaban J connectivity index is 2.19. The Bertz CT molecular complexity index is 525. The van der Waals surface area contributed by atoms with Gasteiger partial charge in [-0.2, -0.15) is 0 Å². The van der Waals surface area contributed by atoms with Crippen molar-refractivity contribution in [1.29, 1.82) is 0 Å². The topological polar surface area (TPSA) is 25.2 Å². The maximum Gasteiger partial charge on any atom is 0.128 e. The summed E-state index contributed by atoms with van der Waals surface area (Å²) in [5, 5.41) is 3.38. The minimum Gasteiger partial charge on any atom is -0.469 e. The van der Waals surface area contributed by atoms with Crippen molar-refractivity contribution in [3.63, 3.8) is 0 Å². The third kappa shape index (κ3) is 3.48. The fourth-order valence-corrected chi connectivity index (χ4v) is 2.70. The number of hydrogen-bond acceptors (Lipinski definition) is 2. The van der Waals surface area contributed by atoms with Gasteiger partial charge in [-0.05, 0) is 56.1 Å². The zero-order chi connectivity index (χ0) is 14.5. The van der Waals surface area contributed by atoms with Crippen molar-refractivity contribution in [2.45, 2.75) is 39.7 Å². The normalized spacial score (nSPS) is 12.6. The van der Waals surface area contributed by atoms with Gasteiger partial charge in [0.25, 0.3) is 0 Å². The van der Waals surface area contributed by atoms with Gasteiger partial charge in [-0.15, -0.1) is 0 Å². The van der Waals surface area contributed by atoms with Crippen molar-refractivity contribution in [2.75, 3.05) is 6.54 Å². The molecule has 3 heteroatoms. The molecular weight excluding hydrogens is 253 g/mol. The molecule has 0 amide bonds. The SMILES string of the molecule is CCNC(CCc1ccco1)c1c(C)cc(C)cc1F. The molecule has 1 aromatic heterocycles. The first-order valence-corrected chi connectivity index (χ1v) is 7.14. The van der Waals surface area contributed by atoms with Crippen LogP contribution >= 0.6 is 0 Å². The van der Waals surface area contributed by atoms with Crippen LogP contribution in [0.15, 0.2) is 34.9 Å². The van der Waals surface area contributed by atoms with E-state index in [-0.39, 0.29) is 11.9 Å². The van der Waals surface area contributed by atoms with Crippen LogP contribution in [0, 0.1) is 19.7 Å². The summed E-state index contributed by atoms with van der Waals surface area (Å²) in [5.41, 5.74) is 2.75. The summed E-state index contributed by atoms with van der Waals surface area (Å²) in [6.45, 7) is 6.75. The molecule has 0 saturated heterocycles. The molecule has 1 unspecified atom stereocenters. The minimum atomic E-state index is -0.118. The molecule has 108 valence electrons. The number of nitrogens with one attached hydrogen (secondary N) is 1. The summed E-state index contributed by atoms with van der Waals surface area (Å²) >= 11 is 0. The standard InChI is InChI=1S/C17H22FNO/c1-4-19-16(8-7-14-6-5-9-20-14)17-13(3)10-12(2)11-15(17)18/h5-6,9-11,16,19H,4,7-8H2,1-3H3. The van der Waals surface area contributed by atoms with Crippen LogP contribution in [0.5, 0.6) is 0 Å². The van der Waals surface area contributed by atoms with Crippen LogP contribution in [-0.4, -0.2) is 6.54 Å². The van der Waals surface area contributed by atoms with Crippen molar-refractivity contribution in [3.05, 3.63) is 58.8 Å². The molecule has 0 aliphatic carbocycles. The maximum atomic E-state index is 14.3. The lowest BCUT2D eigenvalue weighted by atomic mass is 9.95. The van der Waals surface area contributed by atoms with Crippen molar-refractivity contribution >= 4 is 0 Å². The Morgan fingerprint density at radius 2 is 2.10 bits per heavy atom. The lowest BCUT2D eigenvalue weighted by molar-refractivity contribution is 0.445. The molecule has 0 aliphatic rings. The highest BCUT2D eigenvalue weighted by Gasteiger charge is 2.18. The predicted octanol–water partition coefficient (Wildman–Crippen LogP) is 4.32. The summed E-state index contributed by atoms with van der Waals surface area (Å²) in [6.07, 6.45) is 3.30. The van der Waals surface area contributed by atoms with Gasteiger partial charge in [-0.3, -0.25) is 0 Å². The summed E-state index contributed by atoms with van der Waals surface area (Å²) in [6, 6.07) is 7.51. The Morgan fingerprint density at radius 3 is 2.70 bits per heavy atom. The number of aryl methyl sites for hydroxylation is 3. The predicted molar refractivity (Wildman–Crippen MR) is 79.3 cm³/mol. The van der Waals surface area contributed by atoms with Gasteiger partial charge in [0.05, 0.1) is 6.26 Å². The fourth-order valence-electron chi connectivity index (χ4n) is 2.70. The number of benzene rings is 1. The molecule has 2 nitrogen and oxygen atoms in total. The van der Waals surface area contributed by atoms with Crippen molar-refractivity contribution in [3.8, 4) is 0 Å². The molecule has 1 N–H and O–H groups in total. The van der Waals surface area contributed by atoms with E-state index in [1.165, 1.54) is 0 Å². The Kier molecular flexibility index (Phi) is 4.96. The molecular formula is C17H22FNO. The third-order valence-electron chi connectivity index (χ3n) is 3.54. The lowest BCUT2D eigenvalue weighted by Gasteiger charge is -2.21. The quantitative estimate of drug-likeness (QED) is 0.849. The van der Waals surface area contributed by atoms with Crippen molar-refractivity contribution < 1.29 is 8.81 Å². The second kappa shape index (κ2) is 6.71. The van der Waals surface area contributed by atoms with Crippen molar-refractivity contribution in [1.82, 2.24) is 5.32 Å². The lowest BCUT2D eigenvalue weighted by Crippen LogP contribution is -2.23. The summed E-state index contributed by atoms with van der Waals surface area (Å²) < 4.78 is 19.6. The van der Waals surface area contributed by atoms with E-state index in [4.69, 9.17) is 4.42 Å². The highest BCUT2D eigenvalue weighted by atomic mass is 19.1. The van der Waals surface area contributed by atoms with E-state index in [1.54, 1.807) is 12.3 Å². The summed E-state index contributed by atoms with van der Waals surface area (Å²) in [4.78, 5) is 0. The maximum absolute atomic E-state index is 14.3. The van der Waals surface area contributed by atoms with Crippen LogP contribution in [0.25, 0.3) is 0 Å². The average molecular weight is 275 g/mol. The molecule has 2 rings (SSSR count). The molecule has 0 spiro atoms. The van der Waals surface area contributed by atoms with E-state index >= 15 is 0 Å². The van der Waals surface area contributed by atoms with Crippen molar-refractivity contribution in [2.24, 2.45) is 0 Å². The summed E-state index contributed by atoms with van der Waals surface area (Å²) in [5.74, 6) is 0.825. The smallest absolute Gasteiger partial charge is 0.128 e. The Hall–Kier alpha value is -1.61. The Morgan fingerprint density at radius 1 is 1.30 bits per heavy atom. The molecule has 0 fully saturated rings. The first kappa shape index (κ1) is 14.8. The molecule has 0 bridgehead atoms. The van der Waals surface area contributed by atoms with Gasteiger partial charge in [-0.25, -0.2) is 4.39 Å². The number of rotatable bonds is 6. The molecule has 1 aromatic carbocycles. The van der Waals surface area contributed by atoms with Crippen LogP contribution in [0.1, 0.15) is 41.8 Å². The zero-order valence-electron chi connectivity index (χ0n) is 12.4. The molecule has 1 atom stereocenters. The first-order valence-electron chi connectivity index (χ1n) is 7.14. The Labute approximate surface area is 120 Å². The van der Waals surface area contributed by atoms with Crippen LogP contribution in [0.3, 0.4) is 0 Å². The molecule has 0 radical (unpaired) electrons. The van der Waals surface area contributed by atoms with E-state index < -0.39 is 0 Å². The molecule has 20 heavy (non-hydrogen) atoms. The number of furan rings is 1. The second-order valence-corrected chi connectivity index (χ2v) is 5.21. The van der Waals surface area contributed by atoms with Gasteiger partial charge < -0.3 is 9.73 Å². The monoisotopic (exact) mass is 275 g/mol. The largest absolute Gasteiger partial charge is 0.469 e. The van der Waals surface area contributed by atoms with E-state index in [0.717, 1.165) is 41.8 Å². The number of halogens is 1. The van der Waals surface area contributed by atoms with Gasteiger partial charge in [0.1, 0.15) is 11.6 Å². The third-order valence-corrected chi connectivity index (χ3v) is 3.54. The van der Waals surface area contributed by atoms with Crippen LogP contribution in [-0.2, 0) is 6.42 Å². The van der Waals surface area contributed by atoms with E-state index in [0.29, 0.717) is 0 Å². The number of hydrogen-bond donors (Lipinski definition) is 1. The first-order chi connectivity index (χ1) is 9.61. The highest BCUT2D eigenvalue weighted by molar-refractivity contribution is 5.34. The molecule has 0 aliphatic heterocycles. The van der Waals surface area contributed by atoms with E-state index in [1.807, 2.05) is 39.0 Å². The minimum absolute atomic E-state index is 0.0192. The van der Waals surface area contributed by atoms with Crippen LogP contribution in [0.4, 0.5) is 4.39 Å². The van der Waals surface area contributed by atoms with E-state index in [9.17, 15) is 4.39 Å². The second-order valence-electron chi connectivity index (χ2n) is 5.21. The van der Waals surface area contributed by atoms with Gasteiger partial charge in [0, 0.05) is 18.0 Å². The van der Waals surface area contributed by atoms with Gasteiger partial charge >= 0.3 is 0 Å². The highest BCUT2D eigenvalue weighted by Crippen LogP contribution is 2.26. The summed E-state index contributed by atoms with van der Waals surface area (Å²) in [7, 11) is 0.